The predicted octanol–water partition coefficient (Wildman–Crippen LogP) is 2.81. The molecule has 8 heteroatoms. The van der Waals surface area contributed by atoms with E-state index in [1.807, 2.05) is 29.7 Å². The van der Waals surface area contributed by atoms with Crippen molar-refractivity contribution in [2.45, 2.75) is 77.8 Å². The van der Waals surface area contributed by atoms with Crippen LogP contribution in [0.3, 0.4) is 0 Å². The molecule has 1 saturated carbocycles. The number of likely N-dealkylation sites (tertiary alicyclic amines) is 1. The standard InChI is InChI=1S/C24H33N5O3/c1-15(2)22(30)28-11-6-5-9-20(28)19-13-21-25-18-10-12-27(23(31)16-7-3-4-8-16)14-17(18)24(32)29(21)26-19/h13,15-16,20,26H,3-12,14H2,1-2H3/t20-/m0/s1. The summed E-state index contributed by atoms with van der Waals surface area (Å²) >= 11 is 0. The number of nitrogens with zero attached hydrogens (tertiary/aromatic N) is 4. The van der Waals surface area contributed by atoms with Crippen molar-refractivity contribution in [1.29, 1.82) is 0 Å². The molecule has 2 aliphatic heterocycles. The summed E-state index contributed by atoms with van der Waals surface area (Å²) in [6.07, 6.45) is 7.72. The first-order valence-electron chi connectivity index (χ1n) is 12.2. The zero-order chi connectivity index (χ0) is 22.4. The highest BCUT2D eigenvalue weighted by molar-refractivity contribution is 5.79. The molecule has 2 aromatic rings. The summed E-state index contributed by atoms with van der Waals surface area (Å²) in [5, 5.41) is 3.25. The molecule has 1 N–H and O–H groups in total. The lowest BCUT2D eigenvalue weighted by Crippen LogP contribution is -2.42. The molecular formula is C24H33N5O3. The maximum absolute atomic E-state index is 13.4. The van der Waals surface area contributed by atoms with E-state index in [9.17, 15) is 14.4 Å². The van der Waals surface area contributed by atoms with E-state index in [0.717, 1.165) is 62.9 Å². The topological polar surface area (TPSA) is 90.8 Å². The normalized spacial score (nSPS) is 22.0. The highest BCUT2D eigenvalue weighted by Crippen LogP contribution is 2.32. The minimum Gasteiger partial charge on any atom is -0.337 e. The molecule has 172 valence electrons. The third-order valence-corrected chi connectivity index (χ3v) is 7.44. The number of hydrogen-bond acceptors (Lipinski definition) is 4. The van der Waals surface area contributed by atoms with Gasteiger partial charge in [0, 0.05) is 37.4 Å². The Labute approximate surface area is 188 Å². The van der Waals surface area contributed by atoms with Gasteiger partial charge in [0.15, 0.2) is 5.65 Å². The molecule has 1 aliphatic carbocycles. The Morgan fingerprint density at radius 1 is 1.09 bits per heavy atom. The molecule has 2 fully saturated rings. The summed E-state index contributed by atoms with van der Waals surface area (Å²) in [6, 6.07) is 1.87. The molecule has 32 heavy (non-hydrogen) atoms. The Bertz CT molecular complexity index is 1090. The van der Waals surface area contributed by atoms with Crippen molar-refractivity contribution in [3.05, 3.63) is 33.4 Å². The average Bonchev–Trinajstić information content (AvgIpc) is 3.48. The number of fused-ring (bicyclic) bond motifs is 2. The van der Waals surface area contributed by atoms with Gasteiger partial charge in [-0.05, 0) is 32.1 Å². The van der Waals surface area contributed by atoms with E-state index < -0.39 is 0 Å². The number of amides is 2. The fourth-order valence-electron chi connectivity index (χ4n) is 5.64. The van der Waals surface area contributed by atoms with Gasteiger partial charge in [-0.15, -0.1) is 0 Å². The van der Waals surface area contributed by atoms with Crippen LogP contribution < -0.4 is 5.56 Å². The van der Waals surface area contributed by atoms with Crippen molar-refractivity contribution < 1.29 is 9.59 Å². The van der Waals surface area contributed by atoms with Crippen LogP contribution in [0.25, 0.3) is 5.65 Å². The smallest absolute Gasteiger partial charge is 0.277 e. The van der Waals surface area contributed by atoms with Crippen LogP contribution in [0.1, 0.15) is 81.8 Å². The fraction of sp³-hybridized carbons (Fsp3) is 0.667. The maximum Gasteiger partial charge on any atom is 0.277 e. The number of nitrogens with one attached hydrogen (secondary N) is 1. The molecule has 0 radical (unpaired) electrons. The zero-order valence-electron chi connectivity index (χ0n) is 19.1. The summed E-state index contributed by atoms with van der Waals surface area (Å²) in [4.78, 5) is 47.6. The number of aromatic amines is 1. The van der Waals surface area contributed by atoms with Gasteiger partial charge in [-0.25, -0.2) is 9.50 Å². The molecule has 2 amide bonds. The molecule has 0 unspecified atom stereocenters. The van der Waals surface area contributed by atoms with Crippen molar-refractivity contribution >= 4 is 17.5 Å². The van der Waals surface area contributed by atoms with Gasteiger partial charge in [-0.1, -0.05) is 26.7 Å². The summed E-state index contributed by atoms with van der Waals surface area (Å²) < 4.78 is 1.50. The molecule has 4 heterocycles. The number of piperidine rings is 1. The predicted molar refractivity (Wildman–Crippen MR) is 120 cm³/mol. The number of carbonyl (C=O) groups is 2. The van der Waals surface area contributed by atoms with E-state index >= 15 is 0 Å². The van der Waals surface area contributed by atoms with Gasteiger partial charge in [-0.2, -0.15) is 0 Å². The number of carbonyl (C=O) groups excluding carboxylic acids is 2. The van der Waals surface area contributed by atoms with Gasteiger partial charge in [-0.3, -0.25) is 19.5 Å². The van der Waals surface area contributed by atoms with Crippen LogP contribution in [0.15, 0.2) is 10.9 Å². The zero-order valence-corrected chi connectivity index (χ0v) is 19.1. The molecule has 1 atom stereocenters. The second kappa shape index (κ2) is 8.37. The minimum atomic E-state index is -0.127. The van der Waals surface area contributed by atoms with Crippen LogP contribution in [0.4, 0.5) is 0 Å². The van der Waals surface area contributed by atoms with E-state index in [0.29, 0.717) is 30.7 Å². The van der Waals surface area contributed by atoms with Gasteiger partial charge in [0.25, 0.3) is 5.56 Å². The van der Waals surface area contributed by atoms with Crippen LogP contribution in [0, 0.1) is 11.8 Å². The van der Waals surface area contributed by atoms with Gasteiger partial charge >= 0.3 is 0 Å². The van der Waals surface area contributed by atoms with E-state index in [2.05, 4.69) is 5.10 Å². The summed E-state index contributed by atoms with van der Waals surface area (Å²) in [5.74, 6) is 0.393. The average molecular weight is 440 g/mol. The quantitative estimate of drug-likeness (QED) is 0.796. The summed E-state index contributed by atoms with van der Waals surface area (Å²) in [6.45, 7) is 5.57. The Morgan fingerprint density at radius 2 is 1.84 bits per heavy atom. The van der Waals surface area contributed by atoms with Crippen LogP contribution >= 0.6 is 0 Å². The first-order chi connectivity index (χ1) is 15.4. The van der Waals surface area contributed by atoms with E-state index in [4.69, 9.17) is 4.98 Å². The highest BCUT2D eigenvalue weighted by atomic mass is 16.2. The number of H-pyrrole nitrogens is 1. The largest absolute Gasteiger partial charge is 0.337 e. The lowest BCUT2D eigenvalue weighted by atomic mass is 9.97. The third-order valence-electron chi connectivity index (χ3n) is 7.44. The summed E-state index contributed by atoms with van der Waals surface area (Å²) in [5.41, 5.74) is 2.76. The molecule has 0 aromatic carbocycles. The molecule has 2 aromatic heterocycles. The monoisotopic (exact) mass is 439 g/mol. The second-order valence-electron chi connectivity index (χ2n) is 9.94. The lowest BCUT2D eigenvalue weighted by Gasteiger charge is -2.36. The SMILES string of the molecule is CC(C)C(=O)N1CCCC[C@H]1c1cc2nc3c(c(=O)n2[nH]1)CN(C(=O)C1CCCC1)CC3. The van der Waals surface area contributed by atoms with E-state index in [-0.39, 0.29) is 35.3 Å². The van der Waals surface area contributed by atoms with Crippen LogP contribution in [0.2, 0.25) is 0 Å². The second-order valence-corrected chi connectivity index (χ2v) is 9.94. The van der Waals surface area contributed by atoms with Crippen LogP contribution in [0.5, 0.6) is 0 Å². The molecular weight excluding hydrogens is 406 g/mol. The van der Waals surface area contributed by atoms with Crippen molar-refractivity contribution in [1.82, 2.24) is 24.4 Å². The molecule has 0 bridgehead atoms. The Morgan fingerprint density at radius 3 is 2.59 bits per heavy atom. The van der Waals surface area contributed by atoms with Gasteiger partial charge < -0.3 is 9.80 Å². The lowest BCUT2D eigenvalue weighted by molar-refractivity contribution is -0.138. The van der Waals surface area contributed by atoms with Crippen LogP contribution in [-0.4, -0.2) is 49.3 Å². The van der Waals surface area contributed by atoms with Gasteiger partial charge in [0.1, 0.15) is 0 Å². The van der Waals surface area contributed by atoms with Gasteiger partial charge in [0.2, 0.25) is 11.8 Å². The van der Waals surface area contributed by atoms with E-state index in [1.165, 1.54) is 4.52 Å². The minimum absolute atomic E-state index is 0.0581. The Balaban J connectivity index is 1.45. The molecule has 0 spiro atoms. The Kier molecular flexibility index (Phi) is 5.55. The van der Waals surface area contributed by atoms with E-state index in [1.54, 1.807) is 0 Å². The summed E-state index contributed by atoms with van der Waals surface area (Å²) in [7, 11) is 0. The fourth-order valence-corrected chi connectivity index (χ4v) is 5.64. The molecule has 1 saturated heterocycles. The number of aromatic nitrogens is 3. The van der Waals surface area contributed by atoms with Crippen molar-refractivity contribution in [2.75, 3.05) is 13.1 Å². The molecule has 3 aliphatic rings. The number of hydrogen-bond donors (Lipinski definition) is 1. The highest BCUT2D eigenvalue weighted by Gasteiger charge is 2.33. The number of rotatable bonds is 3. The van der Waals surface area contributed by atoms with Crippen molar-refractivity contribution in [3.8, 4) is 0 Å². The van der Waals surface area contributed by atoms with Crippen molar-refractivity contribution in [2.24, 2.45) is 11.8 Å². The molecule has 5 rings (SSSR count). The van der Waals surface area contributed by atoms with Crippen molar-refractivity contribution in [3.63, 3.8) is 0 Å². The third kappa shape index (κ3) is 3.63. The first-order valence-corrected chi connectivity index (χ1v) is 12.2. The molecule has 8 nitrogen and oxygen atoms in total. The first kappa shape index (κ1) is 21.2. The van der Waals surface area contributed by atoms with Crippen LogP contribution in [-0.2, 0) is 22.6 Å². The Hall–Kier alpha value is -2.64. The van der Waals surface area contributed by atoms with Gasteiger partial charge in [0.05, 0.1) is 29.5 Å². The maximum atomic E-state index is 13.4.